The molecule has 1 N–H and O–H groups in total. The molecule has 0 amide bonds. The Hall–Kier alpha value is -0.830. The van der Waals surface area contributed by atoms with Gasteiger partial charge in [0, 0.05) is 13.1 Å². The minimum absolute atomic E-state index is 0.326. The van der Waals surface area contributed by atoms with Crippen molar-refractivity contribution in [2.75, 3.05) is 13.1 Å². The van der Waals surface area contributed by atoms with Crippen LogP contribution in [0.5, 0.6) is 0 Å². The van der Waals surface area contributed by atoms with Gasteiger partial charge in [0.25, 0.3) is 10.2 Å². The van der Waals surface area contributed by atoms with Crippen LogP contribution in [0.2, 0.25) is 0 Å². The van der Waals surface area contributed by atoms with Crippen molar-refractivity contribution in [1.82, 2.24) is 9.03 Å². The Bertz CT molecular complexity index is 329. The van der Waals surface area contributed by atoms with E-state index >= 15 is 0 Å². The summed E-state index contributed by atoms with van der Waals surface area (Å²) in [4.78, 5) is 0. The summed E-state index contributed by atoms with van der Waals surface area (Å²) in [7, 11) is -3.38. The van der Waals surface area contributed by atoms with Gasteiger partial charge < -0.3 is 0 Å². The van der Waals surface area contributed by atoms with Gasteiger partial charge in [0.1, 0.15) is 0 Å². The van der Waals surface area contributed by atoms with Crippen LogP contribution in [0.15, 0.2) is 12.7 Å². The summed E-state index contributed by atoms with van der Waals surface area (Å²) in [6.45, 7) is 4.27. The molecule has 1 atom stereocenters. The molecule has 72 valence electrons. The Kier molecular flexibility index (Phi) is 3.09. The van der Waals surface area contributed by atoms with Crippen molar-refractivity contribution < 1.29 is 8.42 Å². The number of nitrogens with zero attached hydrogens (tertiary/aromatic N) is 1. The summed E-state index contributed by atoms with van der Waals surface area (Å²) in [5.41, 5.74) is 0. The van der Waals surface area contributed by atoms with Gasteiger partial charge in [-0.3, -0.25) is 0 Å². The molecule has 0 aromatic carbocycles. The number of rotatable bonds is 2. The molecule has 0 spiro atoms. The maximum atomic E-state index is 11.4. The average Bonchev–Trinajstić information content (AvgIpc) is 2.08. The molecule has 1 heterocycles. The predicted octanol–water partition coefficient (Wildman–Crippen LogP) is -0.286. The number of hydrogen-bond acceptors (Lipinski definition) is 2. The third kappa shape index (κ3) is 2.31. The standard InChI is InChI=1S/C8H12N2O2S/c1-3-6-10-7-5-8(4-2)9-13(10,11)12/h2-3,8-9H,1,5-7H2/t8-/m0/s1. The molecule has 0 aliphatic carbocycles. The number of nitrogens with one attached hydrogen (secondary N) is 1. The van der Waals surface area contributed by atoms with Crippen molar-refractivity contribution in [1.29, 1.82) is 0 Å². The molecule has 1 fully saturated rings. The molecule has 0 bridgehead atoms. The first-order valence-electron chi connectivity index (χ1n) is 3.94. The summed E-state index contributed by atoms with van der Waals surface area (Å²) in [6, 6.07) is -0.369. The van der Waals surface area contributed by atoms with Crippen LogP contribution in [0.3, 0.4) is 0 Å². The van der Waals surface area contributed by atoms with Crippen LogP contribution in [-0.4, -0.2) is 31.9 Å². The fourth-order valence-corrected chi connectivity index (χ4v) is 2.50. The highest BCUT2D eigenvalue weighted by Gasteiger charge is 2.28. The lowest BCUT2D eigenvalue weighted by Crippen LogP contribution is -2.51. The Labute approximate surface area is 78.8 Å². The molecule has 1 aliphatic rings. The summed E-state index contributed by atoms with van der Waals surface area (Å²) >= 11 is 0. The summed E-state index contributed by atoms with van der Waals surface area (Å²) in [5.74, 6) is 2.38. The Morgan fingerprint density at radius 2 is 2.46 bits per heavy atom. The van der Waals surface area contributed by atoms with Crippen molar-refractivity contribution in [3.8, 4) is 12.3 Å². The first kappa shape index (κ1) is 10.3. The van der Waals surface area contributed by atoms with Crippen LogP contribution in [-0.2, 0) is 10.2 Å². The van der Waals surface area contributed by atoms with E-state index in [2.05, 4.69) is 17.2 Å². The largest absolute Gasteiger partial charge is 0.280 e. The summed E-state index contributed by atoms with van der Waals surface area (Å²) in [5, 5.41) is 0. The molecule has 4 nitrogen and oxygen atoms in total. The number of hydrogen-bond donors (Lipinski definition) is 1. The van der Waals surface area contributed by atoms with E-state index in [0.717, 1.165) is 0 Å². The van der Waals surface area contributed by atoms with Gasteiger partial charge >= 0.3 is 0 Å². The zero-order valence-electron chi connectivity index (χ0n) is 7.23. The van der Waals surface area contributed by atoms with Crippen LogP contribution < -0.4 is 4.72 Å². The van der Waals surface area contributed by atoms with E-state index in [0.29, 0.717) is 19.5 Å². The Balaban J connectivity index is 2.75. The first-order valence-corrected chi connectivity index (χ1v) is 5.38. The van der Waals surface area contributed by atoms with Crippen molar-refractivity contribution in [2.24, 2.45) is 0 Å². The van der Waals surface area contributed by atoms with Crippen molar-refractivity contribution in [3.63, 3.8) is 0 Å². The quantitative estimate of drug-likeness (QED) is 0.492. The Morgan fingerprint density at radius 1 is 1.77 bits per heavy atom. The molecule has 0 saturated carbocycles. The van der Waals surface area contributed by atoms with Crippen LogP contribution >= 0.6 is 0 Å². The lowest BCUT2D eigenvalue weighted by molar-refractivity contribution is 0.383. The molecule has 1 saturated heterocycles. The molecule has 0 radical (unpaired) electrons. The molecule has 1 rings (SSSR count). The second kappa shape index (κ2) is 3.92. The average molecular weight is 200 g/mol. The predicted molar refractivity (Wildman–Crippen MR) is 51.1 cm³/mol. The minimum Gasteiger partial charge on any atom is -0.195 e. The fourth-order valence-electron chi connectivity index (χ4n) is 1.16. The van der Waals surface area contributed by atoms with E-state index in [1.807, 2.05) is 0 Å². The third-order valence-electron chi connectivity index (χ3n) is 1.83. The van der Waals surface area contributed by atoms with E-state index in [1.54, 1.807) is 6.08 Å². The highest BCUT2D eigenvalue weighted by molar-refractivity contribution is 7.87. The van der Waals surface area contributed by atoms with Gasteiger partial charge in [-0.25, -0.2) is 0 Å². The maximum Gasteiger partial charge on any atom is 0.280 e. The van der Waals surface area contributed by atoms with Gasteiger partial charge in [-0.1, -0.05) is 12.0 Å². The first-order chi connectivity index (χ1) is 6.10. The monoisotopic (exact) mass is 200 g/mol. The maximum absolute atomic E-state index is 11.4. The van der Waals surface area contributed by atoms with Gasteiger partial charge in [0.05, 0.1) is 6.04 Å². The highest BCUT2D eigenvalue weighted by Crippen LogP contribution is 2.09. The second-order valence-electron chi connectivity index (χ2n) is 2.78. The van der Waals surface area contributed by atoms with Crippen molar-refractivity contribution >= 4 is 10.2 Å². The van der Waals surface area contributed by atoms with Crippen LogP contribution in [0.25, 0.3) is 0 Å². The molecule has 0 aromatic heterocycles. The lowest BCUT2D eigenvalue weighted by atomic mass is 10.2. The van der Waals surface area contributed by atoms with Crippen LogP contribution in [0.1, 0.15) is 6.42 Å². The SMILES string of the molecule is C#C[C@H]1CCN(CC=C)S(=O)(=O)N1. The smallest absolute Gasteiger partial charge is 0.195 e. The van der Waals surface area contributed by atoms with E-state index in [4.69, 9.17) is 6.42 Å². The van der Waals surface area contributed by atoms with Crippen LogP contribution in [0, 0.1) is 12.3 Å². The molecule has 0 aromatic rings. The highest BCUT2D eigenvalue weighted by atomic mass is 32.2. The lowest BCUT2D eigenvalue weighted by Gasteiger charge is -2.28. The van der Waals surface area contributed by atoms with E-state index in [1.165, 1.54) is 4.31 Å². The zero-order chi connectivity index (χ0) is 9.90. The summed E-state index contributed by atoms with van der Waals surface area (Å²) < 4.78 is 26.5. The molecular weight excluding hydrogens is 188 g/mol. The van der Waals surface area contributed by atoms with Gasteiger partial charge in [0.15, 0.2) is 0 Å². The normalized spacial score (nSPS) is 27.8. The summed E-state index contributed by atoms with van der Waals surface area (Å²) in [6.07, 6.45) is 7.32. The molecule has 0 unspecified atom stereocenters. The zero-order valence-corrected chi connectivity index (χ0v) is 8.05. The van der Waals surface area contributed by atoms with Gasteiger partial charge in [-0.15, -0.1) is 13.0 Å². The van der Waals surface area contributed by atoms with E-state index in [9.17, 15) is 8.42 Å². The molecule has 13 heavy (non-hydrogen) atoms. The minimum atomic E-state index is -3.38. The van der Waals surface area contributed by atoms with Crippen LogP contribution in [0.4, 0.5) is 0 Å². The topological polar surface area (TPSA) is 49.4 Å². The molecule has 1 aliphatic heterocycles. The van der Waals surface area contributed by atoms with Gasteiger partial charge in [0.2, 0.25) is 0 Å². The third-order valence-corrected chi connectivity index (χ3v) is 3.43. The molecular formula is C8H12N2O2S. The van der Waals surface area contributed by atoms with E-state index < -0.39 is 10.2 Å². The number of terminal acetylenes is 1. The van der Waals surface area contributed by atoms with Crippen molar-refractivity contribution in [2.45, 2.75) is 12.5 Å². The van der Waals surface area contributed by atoms with E-state index in [-0.39, 0.29) is 6.04 Å². The second-order valence-corrected chi connectivity index (χ2v) is 4.48. The van der Waals surface area contributed by atoms with Crippen molar-refractivity contribution in [3.05, 3.63) is 12.7 Å². The fraction of sp³-hybridized carbons (Fsp3) is 0.500. The Morgan fingerprint density at radius 3 is 2.92 bits per heavy atom. The van der Waals surface area contributed by atoms with Gasteiger partial charge in [-0.2, -0.15) is 17.4 Å². The molecule has 5 heteroatoms. The van der Waals surface area contributed by atoms with Gasteiger partial charge in [-0.05, 0) is 6.42 Å².